The SMILES string of the molecule is NCc1nnc2sc3cc(Br)ccc3n12. The summed E-state index contributed by atoms with van der Waals surface area (Å²) in [6.45, 7) is 0.406. The number of rotatable bonds is 1. The zero-order valence-electron chi connectivity index (χ0n) is 7.64. The van der Waals surface area contributed by atoms with Crippen LogP contribution in [0.4, 0.5) is 0 Å². The van der Waals surface area contributed by atoms with Gasteiger partial charge in [-0.25, -0.2) is 0 Å². The van der Waals surface area contributed by atoms with Gasteiger partial charge in [0.1, 0.15) is 0 Å². The molecule has 3 rings (SSSR count). The predicted molar refractivity (Wildman–Crippen MR) is 64.0 cm³/mol. The lowest BCUT2D eigenvalue weighted by Gasteiger charge is -1.94. The molecule has 0 aliphatic carbocycles. The van der Waals surface area contributed by atoms with E-state index in [9.17, 15) is 0 Å². The lowest BCUT2D eigenvalue weighted by Crippen LogP contribution is -2.01. The second-order valence-electron chi connectivity index (χ2n) is 3.15. The van der Waals surface area contributed by atoms with E-state index in [0.29, 0.717) is 6.54 Å². The standard InChI is InChI=1S/C9H7BrN4S/c10-5-1-2-6-7(3-5)15-9-13-12-8(4-11)14(6)9/h1-3H,4,11H2. The number of aromatic nitrogens is 3. The maximum absolute atomic E-state index is 5.61. The average molecular weight is 283 g/mol. The number of hydrogen-bond acceptors (Lipinski definition) is 4. The molecular weight excluding hydrogens is 276 g/mol. The lowest BCUT2D eigenvalue weighted by molar-refractivity contribution is 0.895. The first-order valence-corrected chi connectivity index (χ1v) is 6.02. The Kier molecular flexibility index (Phi) is 2.01. The number of fused-ring (bicyclic) bond motifs is 3. The van der Waals surface area contributed by atoms with Gasteiger partial charge in [-0.15, -0.1) is 10.2 Å². The summed E-state index contributed by atoms with van der Waals surface area (Å²) < 4.78 is 4.26. The van der Waals surface area contributed by atoms with Gasteiger partial charge in [0.15, 0.2) is 5.82 Å². The van der Waals surface area contributed by atoms with Gasteiger partial charge in [-0.05, 0) is 18.2 Å². The quantitative estimate of drug-likeness (QED) is 0.744. The van der Waals surface area contributed by atoms with Crippen molar-refractivity contribution >= 4 is 42.4 Å². The van der Waals surface area contributed by atoms with Gasteiger partial charge in [0, 0.05) is 4.47 Å². The monoisotopic (exact) mass is 282 g/mol. The van der Waals surface area contributed by atoms with Crippen LogP contribution in [0.3, 0.4) is 0 Å². The minimum absolute atomic E-state index is 0.406. The number of benzene rings is 1. The van der Waals surface area contributed by atoms with Crippen LogP contribution in [0.15, 0.2) is 22.7 Å². The third kappa shape index (κ3) is 1.29. The third-order valence-electron chi connectivity index (χ3n) is 2.25. The Labute approximate surface area is 97.9 Å². The van der Waals surface area contributed by atoms with Crippen molar-refractivity contribution in [2.45, 2.75) is 6.54 Å². The molecule has 4 nitrogen and oxygen atoms in total. The fraction of sp³-hybridized carbons (Fsp3) is 0.111. The van der Waals surface area contributed by atoms with Gasteiger partial charge >= 0.3 is 0 Å². The third-order valence-corrected chi connectivity index (χ3v) is 3.73. The van der Waals surface area contributed by atoms with Gasteiger partial charge in [-0.1, -0.05) is 27.3 Å². The van der Waals surface area contributed by atoms with Crippen molar-refractivity contribution in [2.75, 3.05) is 0 Å². The van der Waals surface area contributed by atoms with E-state index < -0.39 is 0 Å². The number of nitrogens with zero attached hydrogens (tertiary/aromatic N) is 3. The number of nitrogens with two attached hydrogens (primary N) is 1. The summed E-state index contributed by atoms with van der Waals surface area (Å²) in [5, 5.41) is 8.13. The second kappa shape index (κ2) is 3.26. The molecule has 0 atom stereocenters. The lowest BCUT2D eigenvalue weighted by atomic mass is 10.3. The molecule has 0 fully saturated rings. The van der Waals surface area contributed by atoms with Crippen LogP contribution >= 0.6 is 27.3 Å². The molecule has 6 heteroatoms. The molecule has 3 aromatic rings. The van der Waals surface area contributed by atoms with Gasteiger partial charge < -0.3 is 5.73 Å². The fourth-order valence-electron chi connectivity index (χ4n) is 1.59. The summed E-state index contributed by atoms with van der Waals surface area (Å²) >= 11 is 5.07. The first-order chi connectivity index (χ1) is 7.29. The molecule has 1 aromatic carbocycles. The summed E-state index contributed by atoms with van der Waals surface area (Å²) in [6.07, 6.45) is 0. The van der Waals surface area contributed by atoms with Crippen molar-refractivity contribution in [1.29, 1.82) is 0 Å². The minimum Gasteiger partial charge on any atom is -0.324 e. The van der Waals surface area contributed by atoms with E-state index in [2.05, 4.69) is 32.2 Å². The topological polar surface area (TPSA) is 56.2 Å². The van der Waals surface area contributed by atoms with Gasteiger partial charge in [0.2, 0.25) is 4.96 Å². The Morgan fingerprint density at radius 2 is 2.27 bits per heavy atom. The van der Waals surface area contributed by atoms with Crippen LogP contribution in [0.25, 0.3) is 15.2 Å². The highest BCUT2D eigenvalue weighted by Crippen LogP contribution is 2.28. The van der Waals surface area contributed by atoms with E-state index in [-0.39, 0.29) is 0 Å². The molecule has 0 saturated carbocycles. The average Bonchev–Trinajstić information content (AvgIpc) is 2.74. The van der Waals surface area contributed by atoms with E-state index in [1.807, 2.05) is 16.5 Å². The Bertz CT molecular complexity index is 642. The zero-order chi connectivity index (χ0) is 10.4. The molecular formula is C9H7BrN4S. The molecule has 0 amide bonds. The molecule has 2 N–H and O–H groups in total. The zero-order valence-corrected chi connectivity index (χ0v) is 10.0. The summed E-state index contributed by atoms with van der Waals surface area (Å²) in [5.41, 5.74) is 6.73. The molecule has 0 bridgehead atoms. The smallest absolute Gasteiger partial charge is 0.217 e. The molecule has 0 aliphatic heterocycles. The van der Waals surface area contributed by atoms with Crippen LogP contribution in [-0.4, -0.2) is 14.6 Å². The number of hydrogen-bond donors (Lipinski definition) is 1. The molecule has 76 valence electrons. The van der Waals surface area contributed by atoms with Crippen LogP contribution < -0.4 is 5.73 Å². The molecule has 15 heavy (non-hydrogen) atoms. The van der Waals surface area contributed by atoms with Gasteiger partial charge in [0.05, 0.1) is 16.8 Å². The highest BCUT2D eigenvalue weighted by Gasteiger charge is 2.10. The molecule has 2 heterocycles. The van der Waals surface area contributed by atoms with Gasteiger partial charge in [-0.2, -0.15) is 0 Å². The summed E-state index contributed by atoms with van der Waals surface area (Å²) in [5.74, 6) is 0.804. The van der Waals surface area contributed by atoms with Crippen LogP contribution in [0.2, 0.25) is 0 Å². The number of halogens is 1. The van der Waals surface area contributed by atoms with Crippen LogP contribution in [0.1, 0.15) is 5.82 Å². The van der Waals surface area contributed by atoms with E-state index >= 15 is 0 Å². The van der Waals surface area contributed by atoms with Gasteiger partial charge in [0.25, 0.3) is 0 Å². The fourth-order valence-corrected chi connectivity index (χ4v) is 3.13. The maximum atomic E-state index is 5.61. The van der Waals surface area contributed by atoms with Crippen molar-refractivity contribution < 1.29 is 0 Å². The van der Waals surface area contributed by atoms with E-state index in [4.69, 9.17) is 5.73 Å². The highest BCUT2D eigenvalue weighted by molar-refractivity contribution is 9.10. The van der Waals surface area contributed by atoms with E-state index in [1.54, 1.807) is 11.3 Å². The van der Waals surface area contributed by atoms with Crippen molar-refractivity contribution in [3.8, 4) is 0 Å². The molecule has 0 spiro atoms. The first-order valence-electron chi connectivity index (χ1n) is 4.42. The van der Waals surface area contributed by atoms with Crippen molar-refractivity contribution in [3.63, 3.8) is 0 Å². The van der Waals surface area contributed by atoms with Crippen LogP contribution in [-0.2, 0) is 6.54 Å². The van der Waals surface area contributed by atoms with Gasteiger partial charge in [-0.3, -0.25) is 4.40 Å². The van der Waals surface area contributed by atoms with Crippen LogP contribution in [0, 0.1) is 0 Å². The minimum atomic E-state index is 0.406. The van der Waals surface area contributed by atoms with Crippen molar-refractivity contribution in [2.24, 2.45) is 5.73 Å². The molecule has 0 radical (unpaired) electrons. The maximum Gasteiger partial charge on any atom is 0.217 e. The normalized spacial score (nSPS) is 11.6. The van der Waals surface area contributed by atoms with Crippen molar-refractivity contribution in [3.05, 3.63) is 28.5 Å². The summed E-state index contributed by atoms with van der Waals surface area (Å²) in [7, 11) is 0. The predicted octanol–water partition coefficient (Wildman–Crippen LogP) is 2.17. The van der Waals surface area contributed by atoms with Crippen molar-refractivity contribution in [1.82, 2.24) is 14.6 Å². The molecule has 2 aromatic heterocycles. The summed E-state index contributed by atoms with van der Waals surface area (Å²) in [6, 6.07) is 6.13. The highest BCUT2D eigenvalue weighted by atomic mass is 79.9. The molecule has 0 aliphatic rings. The Hall–Kier alpha value is -0.980. The molecule has 0 unspecified atom stereocenters. The van der Waals surface area contributed by atoms with Crippen LogP contribution in [0.5, 0.6) is 0 Å². The Morgan fingerprint density at radius 3 is 3.07 bits per heavy atom. The number of thiazole rings is 1. The van der Waals surface area contributed by atoms with E-state index in [0.717, 1.165) is 20.8 Å². The largest absolute Gasteiger partial charge is 0.324 e. The molecule has 0 saturated heterocycles. The van der Waals surface area contributed by atoms with E-state index in [1.165, 1.54) is 4.70 Å². The second-order valence-corrected chi connectivity index (χ2v) is 5.08. The Morgan fingerprint density at radius 1 is 1.40 bits per heavy atom. The summed E-state index contributed by atoms with van der Waals surface area (Å²) in [4.78, 5) is 0.892. The Balaban J connectivity index is 2.49. The first kappa shape index (κ1) is 9.26.